The largest absolute Gasteiger partial charge is 0.497 e. The van der Waals surface area contributed by atoms with Gasteiger partial charge in [-0.3, -0.25) is 4.79 Å². The van der Waals surface area contributed by atoms with Crippen molar-refractivity contribution in [3.8, 4) is 5.75 Å². The van der Waals surface area contributed by atoms with E-state index in [-0.39, 0.29) is 11.9 Å². The lowest BCUT2D eigenvalue weighted by atomic mass is 10.1. The number of hydrogen-bond donors (Lipinski definition) is 0. The standard InChI is InChI=1S/C18H21NO2S/c1-21-15-6-2-5-14(13-15)9-10-18(20)19-11-3-7-16(19)17-8-4-12-22-17/h2,4-6,8,12-13,16H,3,7,9-11H2,1H3. The maximum Gasteiger partial charge on any atom is 0.223 e. The van der Waals surface area contributed by atoms with Gasteiger partial charge in [-0.05, 0) is 48.4 Å². The van der Waals surface area contributed by atoms with E-state index >= 15 is 0 Å². The monoisotopic (exact) mass is 315 g/mol. The van der Waals surface area contributed by atoms with Crippen LogP contribution in [-0.2, 0) is 11.2 Å². The van der Waals surface area contributed by atoms with Gasteiger partial charge in [0, 0.05) is 17.8 Å². The van der Waals surface area contributed by atoms with Crippen molar-refractivity contribution in [3.63, 3.8) is 0 Å². The third-order valence-corrected chi connectivity index (χ3v) is 5.18. The highest BCUT2D eigenvalue weighted by Gasteiger charge is 2.30. The van der Waals surface area contributed by atoms with Gasteiger partial charge in [-0.2, -0.15) is 0 Å². The van der Waals surface area contributed by atoms with Crippen molar-refractivity contribution in [1.29, 1.82) is 0 Å². The number of hydrogen-bond acceptors (Lipinski definition) is 3. The molecule has 0 aliphatic carbocycles. The molecule has 3 nitrogen and oxygen atoms in total. The summed E-state index contributed by atoms with van der Waals surface area (Å²) in [4.78, 5) is 16.0. The van der Waals surface area contributed by atoms with Crippen molar-refractivity contribution in [3.05, 3.63) is 52.2 Å². The van der Waals surface area contributed by atoms with Crippen molar-refractivity contribution >= 4 is 17.2 Å². The summed E-state index contributed by atoms with van der Waals surface area (Å²) in [7, 11) is 1.67. The summed E-state index contributed by atoms with van der Waals surface area (Å²) in [5.41, 5.74) is 1.15. The number of carbonyl (C=O) groups excluding carboxylic acids is 1. The Morgan fingerprint density at radius 2 is 2.27 bits per heavy atom. The van der Waals surface area contributed by atoms with Crippen LogP contribution in [0.25, 0.3) is 0 Å². The van der Waals surface area contributed by atoms with E-state index in [0.717, 1.165) is 37.1 Å². The van der Waals surface area contributed by atoms with Crippen molar-refractivity contribution in [2.24, 2.45) is 0 Å². The number of rotatable bonds is 5. The van der Waals surface area contributed by atoms with E-state index in [1.165, 1.54) is 4.88 Å². The van der Waals surface area contributed by atoms with Crippen LogP contribution in [-0.4, -0.2) is 24.5 Å². The third kappa shape index (κ3) is 3.33. The Labute approximate surface area is 135 Å². The zero-order valence-corrected chi connectivity index (χ0v) is 13.6. The Kier molecular flexibility index (Phi) is 4.78. The van der Waals surface area contributed by atoms with Gasteiger partial charge in [0.15, 0.2) is 0 Å². The summed E-state index contributed by atoms with van der Waals surface area (Å²) in [6, 6.07) is 12.5. The van der Waals surface area contributed by atoms with Gasteiger partial charge in [-0.25, -0.2) is 0 Å². The van der Waals surface area contributed by atoms with Crippen LogP contribution in [0.1, 0.15) is 35.7 Å². The predicted octanol–water partition coefficient (Wildman–Crippen LogP) is 4.05. The van der Waals surface area contributed by atoms with Gasteiger partial charge < -0.3 is 9.64 Å². The first-order valence-corrected chi connectivity index (χ1v) is 8.61. The smallest absolute Gasteiger partial charge is 0.223 e. The second kappa shape index (κ2) is 6.97. The topological polar surface area (TPSA) is 29.5 Å². The molecule has 1 atom stereocenters. The Morgan fingerprint density at radius 1 is 1.36 bits per heavy atom. The molecule has 1 aliphatic heterocycles. The zero-order valence-electron chi connectivity index (χ0n) is 12.8. The fourth-order valence-corrected chi connectivity index (χ4v) is 3.94. The van der Waals surface area contributed by atoms with Crippen LogP contribution in [0, 0.1) is 0 Å². The van der Waals surface area contributed by atoms with Crippen LogP contribution in [0.5, 0.6) is 5.75 Å². The van der Waals surface area contributed by atoms with Gasteiger partial charge >= 0.3 is 0 Å². The lowest BCUT2D eigenvalue weighted by Crippen LogP contribution is -2.30. The van der Waals surface area contributed by atoms with E-state index in [4.69, 9.17) is 4.74 Å². The van der Waals surface area contributed by atoms with Crippen molar-refractivity contribution < 1.29 is 9.53 Å². The molecule has 116 valence electrons. The molecule has 22 heavy (non-hydrogen) atoms. The van der Waals surface area contributed by atoms with Crippen LogP contribution in [0.4, 0.5) is 0 Å². The van der Waals surface area contributed by atoms with Crippen LogP contribution < -0.4 is 4.74 Å². The van der Waals surface area contributed by atoms with E-state index in [1.54, 1.807) is 18.4 Å². The van der Waals surface area contributed by atoms with Gasteiger partial charge in [0.1, 0.15) is 5.75 Å². The summed E-state index contributed by atoms with van der Waals surface area (Å²) in [5.74, 6) is 1.11. The van der Waals surface area contributed by atoms with Crippen molar-refractivity contribution in [2.45, 2.75) is 31.7 Å². The second-order valence-corrected chi connectivity index (χ2v) is 6.59. The van der Waals surface area contributed by atoms with Gasteiger partial charge in [0.05, 0.1) is 13.2 Å². The zero-order chi connectivity index (χ0) is 15.4. The fraction of sp³-hybridized carbons (Fsp3) is 0.389. The van der Waals surface area contributed by atoms with E-state index in [2.05, 4.69) is 28.5 Å². The van der Waals surface area contributed by atoms with E-state index < -0.39 is 0 Å². The van der Waals surface area contributed by atoms with Crippen LogP contribution >= 0.6 is 11.3 Å². The van der Waals surface area contributed by atoms with Gasteiger partial charge in [0.25, 0.3) is 0 Å². The van der Waals surface area contributed by atoms with Crippen LogP contribution in [0.15, 0.2) is 41.8 Å². The number of nitrogens with zero attached hydrogens (tertiary/aromatic N) is 1. The molecule has 1 fully saturated rings. The van der Waals surface area contributed by atoms with Crippen molar-refractivity contribution in [2.75, 3.05) is 13.7 Å². The normalized spacial score (nSPS) is 17.7. The summed E-state index contributed by atoms with van der Waals surface area (Å²) in [5, 5.41) is 2.09. The SMILES string of the molecule is COc1cccc(CCC(=O)N2CCCC2c2cccs2)c1. The van der Waals surface area contributed by atoms with Crippen molar-refractivity contribution in [1.82, 2.24) is 4.90 Å². The molecule has 0 radical (unpaired) electrons. The Morgan fingerprint density at radius 3 is 3.05 bits per heavy atom. The van der Waals surface area contributed by atoms with Crippen LogP contribution in [0.3, 0.4) is 0 Å². The highest BCUT2D eigenvalue weighted by molar-refractivity contribution is 7.10. The number of thiophene rings is 1. The summed E-state index contributed by atoms with van der Waals surface area (Å²) >= 11 is 1.75. The summed E-state index contributed by atoms with van der Waals surface area (Å²) < 4.78 is 5.23. The molecule has 1 unspecified atom stereocenters. The molecule has 2 aromatic rings. The fourth-order valence-electron chi connectivity index (χ4n) is 3.06. The molecule has 1 aromatic carbocycles. The molecule has 0 spiro atoms. The first kappa shape index (κ1) is 15.1. The minimum atomic E-state index is 0.263. The summed E-state index contributed by atoms with van der Waals surface area (Å²) in [6.45, 7) is 0.888. The molecule has 0 bridgehead atoms. The molecule has 1 amide bonds. The minimum Gasteiger partial charge on any atom is -0.497 e. The molecule has 1 saturated heterocycles. The Balaban J connectivity index is 1.61. The predicted molar refractivity (Wildman–Crippen MR) is 89.3 cm³/mol. The average molecular weight is 315 g/mol. The van der Waals surface area contributed by atoms with Gasteiger partial charge in [-0.1, -0.05) is 18.2 Å². The second-order valence-electron chi connectivity index (χ2n) is 5.61. The van der Waals surface area contributed by atoms with E-state index in [9.17, 15) is 4.79 Å². The van der Waals surface area contributed by atoms with E-state index in [1.807, 2.05) is 18.2 Å². The first-order valence-electron chi connectivity index (χ1n) is 7.74. The maximum atomic E-state index is 12.6. The highest BCUT2D eigenvalue weighted by atomic mass is 32.1. The lowest BCUT2D eigenvalue weighted by molar-refractivity contribution is -0.132. The minimum absolute atomic E-state index is 0.263. The number of carbonyl (C=O) groups is 1. The molecule has 1 aliphatic rings. The maximum absolute atomic E-state index is 12.6. The molecule has 2 heterocycles. The average Bonchev–Trinajstić information content (AvgIpc) is 3.23. The number of aryl methyl sites for hydroxylation is 1. The number of ether oxygens (including phenoxy) is 1. The molecular weight excluding hydrogens is 294 g/mol. The van der Waals surface area contributed by atoms with E-state index in [0.29, 0.717) is 6.42 Å². The Bertz CT molecular complexity index is 624. The number of methoxy groups -OCH3 is 1. The van der Waals surface area contributed by atoms with Crippen LogP contribution in [0.2, 0.25) is 0 Å². The first-order chi connectivity index (χ1) is 10.8. The molecule has 0 saturated carbocycles. The molecule has 0 N–H and O–H groups in total. The van der Waals surface area contributed by atoms with Gasteiger partial charge in [-0.15, -0.1) is 11.3 Å². The number of benzene rings is 1. The number of amides is 1. The molecule has 1 aromatic heterocycles. The quantitative estimate of drug-likeness (QED) is 0.833. The molecule has 3 rings (SSSR count). The van der Waals surface area contributed by atoms with Gasteiger partial charge in [0.2, 0.25) is 5.91 Å². The lowest BCUT2D eigenvalue weighted by Gasteiger charge is -2.24. The highest BCUT2D eigenvalue weighted by Crippen LogP contribution is 2.34. The summed E-state index contributed by atoms with van der Waals surface area (Å²) in [6.07, 6.45) is 3.53. The number of likely N-dealkylation sites (tertiary alicyclic amines) is 1. The molecule has 4 heteroatoms. The Hall–Kier alpha value is -1.81. The molecular formula is C18H21NO2S. The third-order valence-electron chi connectivity index (χ3n) is 4.21.